The average Bonchev–Trinajstić information content (AvgIpc) is 2.44. The molecule has 2 aromatic rings. The molecule has 1 unspecified atom stereocenters. The normalized spacial score (nSPS) is 11.8. The van der Waals surface area contributed by atoms with Crippen LogP contribution in [0.1, 0.15) is 24.5 Å². The van der Waals surface area contributed by atoms with Gasteiger partial charge in [-0.2, -0.15) is 0 Å². The summed E-state index contributed by atoms with van der Waals surface area (Å²) in [5.41, 5.74) is 5.22. The van der Waals surface area contributed by atoms with Gasteiger partial charge in [0.2, 0.25) is 5.91 Å². The van der Waals surface area contributed by atoms with E-state index >= 15 is 0 Å². The third-order valence-corrected chi connectivity index (χ3v) is 3.45. The Labute approximate surface area is 131 Å². The first-order chi connectivity index (χ1) is 10.4. The van der Waals surface area contributed by atoms with Crippen molar-refractivity contribution in [3.63, 3.8) is 0 Å². The van der Waals surface area contributed by atoms with Gasteiger partial charge in [-0.1, -0.05) is 6.07 Å². The Hall–Kier alpha value is -2.33. The van der Waals surface area contributed by atoms with Crippen LogP contribution in [0.2, 0.25) is 0 Å². The maximum atomic E-state index is 11.6. The molecule has 1 atom stereocenters. The highest BCUT2D eigenvalue weighted by Gasteiger charge is 2.06. The SMILES string of the molecule is Cc1ccc(Nc2ccc(NC(=O)CC(C)O)cc2)cc1C. The molecule has 22 heavy (non-hydrogen) atoms. The summed E-state index contributed by atoms with van der Waals surface area (Å²) in [6.45, 7) is 5.77. The predicted octanol–water partition coefficient (Wildman–Crippen LogP) is 3.76. The van der Waals surface area contributed by atoms with Gasteiger partial charge in [-0.25, -0.2) is 0 Å². The van der Waals surface area contributed by atoms with E-state index in [1.807, 2.05) is 30.3 Å². The molecule has 4 nitrogen and oxygen atoms in total. The molecule has 2 aromatic carbocycles. The number of anilines is 3. The summed E-state index contributed by atoms with van der Waals surface area (Å²) in [6, 6.07) is 13.7. The third-order valence-electron chi connectivity index (χ3n) is 3.45. The van der Waals surface area contributed by atoms with E-state index in [0.717, 1.165) is 17.1 Å². The third kappa shape index (κ3) is 4.60. The van der Waals surface area contributed by atoms with Gasteiger partial charge in [0.05, 0.1) is 12.5 Å². The van der Waals surface area contributed by atoms with Crippen LogP contribution in [0.5, 0.6) is 0 Å². The Morgan fingerprint density at radius 1 is 1.00 bits per heavy atom. The number of benzene rings is 2. The average molecular weight is 298 g/mol. The minimum Gasteiger partial charge on any atom is -0.393 e. The molecule has 116 valence electrons. The topological polar surface area (TPSA) is 61.4 Å². The molecule has 0 spiro atoms. The summed E-state index contributed by atoms with van der Waals surface area (Å²) < 4.78 is 0. The van der Waals surface area contributed by atoms with E-state index in [2.05, 4.69) is 36.6 Å². The Morgan fingerprint density at radius 3 is 2.18 bits per heavy atom. The zero-order valence-corrected chi connectivity index (χ0v) is 13.2. The first kappa shape index (κ1) is 16.0. The smallest absolute Gasteiger partial charge is 0.226 e. The standard InChI is InChI=1S/C18H22N2O2/c1-12-4-5-17(10-13(12)2)19-15-6-8-16(9-7-15)20-18(22)11-14(3)21/h4-10,14,19,21H,11H2,1-3H3,(H,20,22). The van der Waals surface area contributed by atoms with Crippen LogP contribution in [0.4, 0.5) is 17.1 Å². The van der Waals surface area contributed by atoms with Crippen molar-refractivity contribution in [1.82, 2.24) is 0 Å². The molecule has 0 heterocycles. The fraction of sp³-hybridized carbons (Fsp3) is 0.278. The van der Waals surface area contributed by atoms with Crippen molar-refractivity contribution in [1.29, 1.82) is 0 Å². The van der Waals surface area contributed by atoms with Gasteiger partial charge >= 0.3 is 0 Å². The number of amides is 1. The number of hydrogen-bond acceptors (Lipinski definition) is 3. The van der Waals surface area contributed by atoms with Gasteiger partial charge in [0.25, 0.3) is 0 Å². The molecule has 0 radical (unpaired) electrons. The summed E-state index contributed by atoms with van der Waals surface area (Å²) in [4.78, 5) is 11.6. The van der Waals surface area contributed by atoms with E-state index in [1.165, 1.54) is 11.1 Å². The number of carbonyl (C=O) groups excluding carboxylic acids is 1. The van der Waals surface area contributed by atoms with Gasteiger partial charge in [0.1, 0.15) is 0 Å². The van der Waals surface area contributed by atoms with Gasteiger partial charge in [-0.15, -0.1) is 0 Å². The van der Waals surface area contributed by atoms with Gasteiger partial charge in [0, 0.05) is 17.1 Å². The van der Waals surface area contributed by atoms with Crippen molar-refractivity contribution in [2.75, 3.05) is 10.6 Å². The number of aryl methyl sites for hydroxylation is 2. The van der Waals surface area contributed by atoms with E-state index < -0.39 is 6.10 Å². The van der Waals surface area contributed by atoms with Crippen LogP contribution < -0.4 is 10.6 Å². The molecule has 0 aliphatic heterocycles. The molecule has 0 aliphatic carbocycles. The summed E-state index contributed by atoms with van der Waals surface area (Å²) >= 11 is 0. The number of carbonyl (C=O) groups is 1. The molecule has 2 rings (SSSR count). The molecule has 0 bridgehead atoms. The lowest BCUT2D eigenvalue weighted by Gasteiger charge is -2.10. The van der Waals surface area contributed by atoms with Crippen molar-refractivity contribution in [2.24, 2.45) is 0 Å². The maximum Gasteiger partial charge on any atom is 0.226 e. The number of hydrogen-bond donors (Lipinski definition) is 3. The fourth-order valence-corrected chi connectivity index (χ4v) is 2.10. The molecule has 1 amide bonds. The summed E-state index contributed by atoms with van der Waals surface area (Å²) in [5, 5.41) is 15.3. The van der Waals surface area contributed by atoms with Crippen LogP contribution >= 0.6 is 0 Å². The Bertz CT molecular complexity index is 649. The lowest BCUT2D eigenvalue weighted by molar-refractivity contribution is -0.117. The van der Waals surface area contributed by atoms with Crippen molar-refractivity contribution < 1.29 is 9.90 Å². The second-order valence-electron chi connectivity index (χ2n) is 5.60. The van der Waals surface area contributed by atoms with Crippen molar-refractivity contribution >= 4 is 23.0 Å². The predicted molar refractivity (Wildman–Crippen MR) is 90.6 cm³/mol. The van der Waals surface area contributed by atoms with Crippen LogP contribution in [0.25, 0.3) is 0 Å². The molecular formula is C18H22N2O2. The zero-order valence-electron chi connectivity index (χ0n) is 13.2. The minimum absolute atomic E-state index is 0.0998. The fourth-order valence-electron chi connectivity index (χ4n) is 2.10. The van der Waals surface area contributed by atoms with Crippen LogP contribution in [-0.2, 0) is 4.79 Å². The minimum atomic E-state index is -0.634. The summed E-state index contributed by atoms with van der Waals surface area (Å²) in [7, 11) is 0. The summed E-state index contributed by atoms with van der Waals surface area (Å²) in [5.74, 6) is -0.190. The zero-order chi connectivity index (χ0) is 16.1. The largest absolute Gasteiger partial charge is 0.393 e. The first-order valence-electron chi connectivity index (χ1n) is 7.36. The van der Waals surface area contributed by atoms with Crippen LogP contribution in [-0.4, -0.2) is 17.1 Å². The van der Waals surface area contributed by atoms with Crippen LogP contribution in [0.3, 0.4) is 0 Å². The van der Waals surface area contributed by atoms with Crippen LogP contribution in [0, 0.1) is 13.8 Å². The molecule has 0 saturated heterocycles. The second-order valence-corrected chi connectivity index (χ2v) is 5.60. The molecular weight excluding hydrogens is 276 g/mol. The monoisotopic (exact) mass is 298 g/mol. The highest BCUT2D eigenvalue weighted by Crippen LogP contribution is 2.21. The Kier molecular flexibility index (Phi) is 5.17. The van der Waals surface area contributed by atoms with Gasteiger partial charge in [0.15, 0.2) is 0 Å². The molecule has 0 aromatic heterocycles. The molecule has 3 N–H and O–H groups in total. The molecule has 0 saturated carbocycles. The second kappa shape index (κ2) is 7.09. The number of aliphatic hydroxyl groups excluding tert-OH is 1. The lowest BCUT2D eigenvalue weighted by Crippen LogP contribution is -2.17. The highest BCUT2D eigenvalue weighted by atomic mass is 16.3. The lowest BCUT2D eigenvalue weighted by atomic mass is 10.1. The molecule has 4 heteroatoms. The van der Waals surface area contributed by atoms with E-state index in [1.54, 1.807) is 6.92 Å². The van der Waals surface area contributed by atoms with Gasteiger partial charge < -0.3 is 15.7 Å². The number of rotatable bonds is 5. The number of nitrogens with one attached hydrogen (secondary N) is 2. The molecule has 0 fully saturated rings. The van der Waals surface area contributed by atoms with E-state index in [0.29, 0.717) is 0 Å². The summed E-state index contributed by atoms with van der Waals surface area (Å²) in [6.07, 6.45) is -0.534. The van der Waals surface area contributed by atoms with E-state index in [-0.39, 0.29) is 12.3 Å². The van der Waals surface area contributed by atoms with Gasteiger partial charge in [-0.05, 0) is 68.3 Å². The Balaban J connectivity index is 1.99. The van der Waals surface area contributed by atoms with Crippen molar-refractivity contribution in [3.8, 4) is 0 Å². The van der Waals surface area contributed by atoms with Crippen LogP contribution in [0.15, 0.2) is 42.5 Å². The maximum absolute atomic E-state index is 11.6. The van der Waals surface area contributed by atoms with Crippen molar-refractivity contribution in [2.45, 2.75) is 33.3 Å². The molecule has 0 aliphatic rings. The first-order valence-corrected chi connectivity index (χ1v) is 7.36. The van der Waals surface area contributed by atoms with Gasteiger partial charge in [-0.3, -0.25) is 4.79 Å². The number of aliphatic hydroxyl groups is 1. The van der Waals surface area contributed by atoms with Crippen molar-refractivity contribution in [3.05, 3.63) is 53.6 Å². The Morgan fingerprint density at radius 2 is 1.59 bits per heavy atom. The quantitative estimate of drug-likeness (QED) is 0.787. The highest BCUT2D eigenvalue weighted by molar-refractivity contribution is 5.91. The van der Waals surface area contributed by atoms with E-state index in [9.17, 15) is 9.90 Å². The van der Waals surface area contributed by atoms with E-state index in [4.69, 9.17) is 0 Å².